The Bertz CT molecular complexity index is 659. The van der Waals surface area contributed by atoms with Crippen LogP contribution in [0.25, 0.3) is 0 Å². The molecule has 1 aliphatic rings. The Kier molecular flexibility index (Phi) is 6.24. The van der Waals surface area contributed by atoms with Crippen molar-refractivity contribution in [1.82, 2.24) is 4.90 Å². The minimum absolute atomic E-state index is 0. The maximum Gasteiger partial charge on any atom is 1.00 e. The molecule has 0 atom stereocenters. The summed E-state index contributed by atoms with van der Waals surface area (Å²) in [5, 5.41) is 0. The highest BCUT2D eigenvalue weighted by molar-refractivity contribution is 5.93. The number of hydrogen-bond donors (Lipinski definition) is 0. The van der Waals surface area contributed by atoms with Crippen LogP contribution in [-0.4, -0.2) is 36.5 Å². The van der Waals surface area contributed by atoms with Crippen molar-refractivity contribution in [2.45, 2.75) is 38.6 Å². The van der Waals surface area contributed by atoms with Crippen LogP contribution in [0.3, 0.4) is 0 Å². The first-order valence-electron chi connectivity index (χ1n) is 9.41. The molecule has 0 aliphatic carbocycles. The number of likely N-dealkylation sites (tertiary alicyclic amines) is 1. The predicted octanol–water partition coefficient (Wildman–Crippen LogP) is 4.36. The van der Waals surface area contributed by atoms with Crippen molar-refractivity contribution in [2.24, 2.45) is 0 Å². The molecule has 0 saturated carbocycles. The van der Waals surface area contributed by atoms with Crippen molar-refractivity contribution in [1.29, 1.82) is 0 Å². The number of nitrogens with zero attached hydrogens (tertiary/aromatic N) is 2. The van der Waals surface area contributed by atoms with Gasteiger partial charge < -0.3 is 9.80 Å². The summed E-state index contributed by atoms with van der Waals surface area (Å²) in [6.45, 7) is 5.19. The summed E-state index contributed by atoms with van der Waals surface area (Å²) < 4.78 is 0. The van der Waals surface area contributed by atoms with Gasteiger partial charge in [-0.2, -0.15) is 0 Å². The third kappa shape index (κ3) is 4.70. The minimum atomic E-state index is 0. The SMILES string of the molecule is CCC(=O)N(c1ccccc1)C1CCN(CCc2ccccc2)CC1.[H+].[H+]. The van der Waals surface area contributed by atoms with E-state index in [9.17, 15) is 4.79 Å². The molecule has 2 aromatic rings. The van der Waals surface area contributed by atoms with E-state index in [0.29, 0.717) is 12.5 Å². The summed E-state index contributed by atoms with van der Waals surface area (Å²) >= 11 is 0. The molecule has 1 saturated heterocycles. The Morgan fingerprint density at radius 1 is 1.04 bits per heavy atom. The van der Waals surface area contributed by atoms with Crippen LogP contribution < -0.4 is 4.90 Å². The van der Waals surface area contributed by atoms with E-state index in [4.69, 9.17) is 0 Å². The van der Waals surface area contributed by atoms with E-state index in [1.54, 1.807) is 0 Å². The molecule has 3 nitrogen and oxygen atoms in total. The van der Waals surface area contributed by atoms with Gasteiger partial charge in [0.05, 0.1) is 0 Å². The second-order valence-electron chi connectivity index (χ2n) is 6.76. The average Bonchev–Trinajstić information content (AvgIpc) is 2.69. The lowest BCUT2D eigenvalue weighted by Gasteiger charge is -2.38. The first-order chi connectivity index (χ1) is 12.3. The molecular formula is C22H30N2O+2. The zero-order valence-corrected chi connectivity index (χ0v) is 15.1. The molecule has 0 bridgehead atoms. The molecule has 132 valence electrons. The van der Waals surface area contributed by atoms with Crippen LogP contribution >= 0.6 is 0 Å². The highest BCUT2D eigenvalue weighted by atomic mass is 16.2. The first-order valence-corrected chi connectivity index (χ1v) is 9.41. The van der Waals surface area contributed by atoms with E-state index >= 15 is 0 Å². The molecule has 0 radical (unpaired) electrons. The molecule has 2 aromatic carbocycles. The maximum atomic E-state index is 12.5. The first kappa shape index (κ1) is 17.7. The van der Waals surface area contributed by atoms with Crippen LogP contribution in [0.5, 0.6) is 0 Å². The number of hydrogen-bond acceptors (Lipinski definition) is 2. The van der Waals surface area contributed by atoms with Gasteiger partial charge in [-0.1, -0.05) is 55.5 Å². The predicted molar refractivity (Wildman–Crippen MR) is 106 cm³/mol. The number of rotatable bonds is 6. The Hall–Kier alpha value is -2.13. The molecule has 1 amide bonds. The molecule has 0 spiro atoms. The van der Waals surface area contributed by atoms with Gasteiger partial charge in [0.15, 0.2) is 0 Å². The van der Waals surface area contributed by atoms with Gasteiger partial charge >= 0.3 is 2.85 Å². The molecule has 3 heteroatoms. The summed E-state index contributed by atoms with van der Waals surface area (Å²) in [5.41, 5.74) is 2.44. The van der Waals surface area contributed by atoms with Crippen LogP contribution in [-0.2, 0) is 11.2 Å². The van der Waals surface area contributed by atoms with E-state index in [1.807, 2.05) is 30.0 Å². The van der Waals surface area contributed by atoms with Crippen molar-refractivity contribution in [3.05, 3.63) is 66.2 Å². The van der Waals surface area contributed by atoms with Crippen molar-refractivity contribution in [2.75, 3.05) is 24.5 Å². The molecule has 3 rings (SSSR count). The minimum Gasteiger partial charge on any atom is -0.309 e. The number of piperidine rings is 1. The monoisotopic (exact) mass is 338 g/mol. The van der Waals surface area contributed by atoms with E-state index in [0.717, 1.165) is 44.6 Å². The second-order valence-corrected chi connectivity index (χ2v) is 6.76. The van der Waals surface area contributed by atoms with Crippen LogP contribution in [0.15, 0.2) is 60.7 Å². The van der Waals surface area contributed by atoms with E-state index in [1.165, 1.54) is 5.56 Å². The fourth-order valence-corrected chi connectivity index (χ4v) is 3.65. The zero-order valence-electron chi connectivity index (χ0n) is 17.1. The Morgan fingerprint density at radius 3 is 2.24 bits per heavy atom. The topological polar surface area (TPSA) is 23.6 Å². The normalized spacial score (nSPS) is 15.9. The number of carbonyl (C=O) groups excluding carboxylic acids is 1. The van der Waals surface area contributed by atoms with Crippen molar-refractivity contribution >= 4 is 11.6 Å². The van der Waals surface area contributed by atoms with Crippen LogP contribution in [0, 0.1) is 0 Å². The standard InChI is InChI=1S/C22H28N2O/c1-2-22(25)24(20-11-7-4-8-12-20)21-14-17-23(18-15-21)16-13-19-9-5-3-6-10-19/h3-12,21H,2,13-18H2,1H3/p+2. The molecule has 0 unspecified atom stereocenters. The van der Waals surface area contributed by atoms with Crippen molar-refractivity contribution < 1.29 is 7.65 Å². The van der Waals surface area contributed by atoms with Gasteiger partial charge in [-0.3, -0.25) is 4.79 Å². The van der Waals surface area contributed by atoms with Gasteiger partial charge in [0.1, 0.15) is 0 Å². The second kappa shape index (κ2) is 8.82. The molecule has 0 aromatic heterocycles. The molecule has 1 heterocycles. The van der Waals surface area contributed by atoms with Gasteiger partial charge in [0.25, 0.3) is 0 Å². The third-order valence-electron chi connectivity index (χ3n) is 5.09. The van der Waals surface area contributed by atoms with Gasteiger partial charge in [-0.15, -0.1) is 0 Å². The summed E-state index contributed by atoms with van der Waals surface area (Å²) in [6, 6.07) is 21.1. The highest BCUT2D eigenvalue weighted by Gasteiger charge is 2.28. The van der Waals surface area contributed by atoms with Gasteiger partial charge in [0, 0.05) is 37.8 Å². The molecular weight excluding hydrogens is 308 g/mol. The molecule has 25 heavy (non-hydrogen) atoms. The molecule has 0 N–H and O–H groups in total. The fraction of sp³-hybridized carbons (Fsp3) is 0.409. The largest absolute Gasteiger partial charge is 1.00 e. The van der Waals surface area contributed by atoms with E-state index in [2.05, 4.69) is 47.4 Å². The highest BCUT2D eigenvalue weighted by Crippen LogP contribution is 2.24. The fourth-order valence-electron chi connectivity index (χ4n) is 3.65. The Morgan fingerprint density at radius 2 is 1.64 bits per heavy atom. The van der Waals surface area contributed by atoms with Crippen LogP contribution in [0.1, 0.15) is 34.6 Å². The number of para-hydroxylation sites is 1. The van der Waals surface area contributed by atoms with Gasteiger partial charge in [0.2, 0.25) is 5.91 Å². The smallest absolute Gasteiger partial charge is 0.309 e. The Labute approximate surface area is 154 Å². The average molecular weight is 338 g/mol. The number of anilines is 1. The van der Waals surface area contributed by atoms with Crippen molar-refractivity contribution in [3.63, 3.8) is 0 Å². The van der Waals surface area contributed by atoms with Gasteiger partial charge in [-0.25, -0.2) is 0 Å². The van der Waals surface area contributed by atoms with E-state index in [-0.39, 0.29) is 8.76 Å². The number of carbonyl (C=O) groups is 1. The number of amides is 1. The van der Waals surface area contributed by atoms with Crippen molar-refractivity contribution in [3.8, 4) is 0 Å². The molecule has 1 fully saturated rings. The summed E-state index contributed by atoms with van der Waals surface area (Å²) in [7, 11) is 0. The maximum absolute atomic E-state index is 12.5. The van der Waals surface area contributed by atoms with E-state index < -0.39 is 0 Å². The third-order valence-corrected chi connectivity index (χ3v) is 5.09. The van der Waals surface area contributed by atoms with Gasteiger partial charge in [-0.05, 0) is 37.0 Å². The summed E-state index contributed by atoms with van der Waals surface area (Å²) in [5.74, 6) is 0.230. The summed E-state index contributed by atoms with van der Waals surface area (Å²) in [4.78, 5) is 17.1. The quantitative estimate of drug-likeness (QED) is 0.781. The zero-order chi connectivity index (χ0) is 17.5. The van der Waals surface area contributed by atoms with Crippen LogP contribution in [0.2, 0.25) is 0 Å². The lowest BCUT2D eigenvalue weighted by atomic mass is 10.0. The molecule has 1 aliphatic heterocycles. The summed E-state index contributed by atoms with van der Waals surface area (Å²) in [6.07, 6.45) is 3.76. The lowest BCUT2D eigenvalue weighted by Crippen LogP contribution is -2.47. The Balaban J connectivity index is 0.00000182. The lowest BCUT2D eigenvalue weighted by molar-refractivity contribution is -0.119. The van der Waals surface area contributed by atoms with Crippen LogP contribution in [0.4, 0.5) is 5.69 Å². The number of benzene rings is 2.